The van der Waals surface area contributed by atoms with Gasteiger partial charge in [0, 0.05) is 11.6 Å². The first-order chi connectivity index (χ1) is 7.06. The molecule has 0 aromatic rings. The van der Waals surface area contributed by atoms with E-state index in [9.17, 15) is 4.79 Å². The SMILES string of the molecule is C1CC2CC2N1.COC(=O)C(C)=C(C)C. The Balaban J connectivity index is 0.000000158. The molecule has 3 nitrogen and oxygen atoms in total. The van der Waals surface area contributed by atoms with Crippen molar-refractivity contribution < 1.29 is 9.53 Å². The molecule has 0 radical (unpaired) electrons. The molecule has 1 saturated heterocycles. The normalized spacial score (nSPS) is 25.9. The Morgan fingerprint density at radius 1 is 1.33 bits per heavy atom. The molecule has 0 spiro atoms. The predicted molar refractivity (Wildman–Crippen MR) is 60.6 cm³/mol. The number of piperidine rings is 1. The van der Waals surface area contributed by atoms with E-state index >= 15 is 0 Å². The van der Waals surface area contributed by atoms with Gasteiger partial charge in [0.25, 0.3) is 0 Å². The highest BCUT2D eigenvalue weighted by atomic mass is 16.5. The molecule has 2 fully saturated rings. The fraction of sp³-hybridized carbons (Fsp3) is 0.750. The summed E-state index contributed by atoms with van der Waals surface area (Å²) in [5.41, 5.74) is 1.69. The van der Waals surface area contributed by atoms with Crippen molar-refractivity contribution in [2.45, 2.75) is 39.7 Å². The van der Waals surface area contributed by atoms with Crippen molar-refractivity contribution in [3.63, 3.8) is 0 Å². The number of carbonyl (C=O) groups excluding carboxylic acids is 1. The molecular weight excluding hydrogens is 190 g/mol. The topological polar surface area (TPSA) is 38.3 Å². The van der Waals surface area contributed by atoms with E-state index in [1.807, 2.05) is 13.8 Å². The minimum absolute atomic E-state index is 0.241. The molecule has 0 amide bonds. The first-order valence-corrected chi connectivity index (χ1v) is 5.52. The summed E-state index contributed by atoms with van der Waals surface area (Å²) >= 11 is 0. The number of hydrogen-bond donors (Lipinski definition) is 1. The van der Waals surface area contributed by atoms with Crippen LogP contribution in [0.4, 0.5) is 0 Å². The maximum absolute atomic E-state index is 10.7. The molecule has 1 saturated carbocycles. The Bertz CT molecular complexity index is 259. The molecule has 0 aromatic heterocycles. The molecule has 2 unspecified atom stereocenters. The number of methoxy groups -OCH3 is 1. The van der Waals surface area contributed by atoms with Crippen molar-refractivity contribution in [2.24, 2.45) is 5.92 Å². The van der Waals surface area contributed by atoms with E-state index in [-0.39, 0.29) is 5.97 Å². The van der Waals surface area contributed by atoms with Crippen LogP contribution in [0, 0.1) is 5.92 Å². The zero-order valence-electron chi connectivity index (χ0n) is 10.1. The number of ether oxygens (including phenoxy) is 1. The third-order valence-corrected chi connectivity index (χ3v) is 3.09. The lowest BCUT2D eigenvalue weighted by Gasteiger charge is -1.98. The van der Waals surface area contributed by atoms with Gasteiger partial charge in [0.2, 0.25) is 0 Å². The molecular formula is C12H21NO2. The third-order valence-electron chi connectivity index (χ3n) is 3.09. The first-order valence-electron chi connectivity index (χ1n) is 5.52. The standard InChI is InChI=1S/C7H12O2.C5H9N/c1-5(2)6(3)7(8)9-4;1-2-6-5-3-4(1)5/h1-4H3;4-6H,1-3H2. The zero-order valence-corrected chi connectivity index (χ0v) is 10.1. The van der Waals surface area contributed by atoms with Gasteiger partial charge in [-0.2, -0.15) is 0 Å². The lowest BCUT2D eigenvalue weighted by atomic mass is 10.2. The lowest BCUT2D eigenvalue weighted by molar-refractivity contribution is -0.136. The Morgan fingerprint density at radius 2 is 2.00 bits per heavy atom. The molecule has 2 aliphatic rings. The number of esters is 1. The second-order valence-corrected chi connectivity index (χ2v) is 4.46. The van der Waals surface area contributed by atoms with Crippen LogP contribution in [0.5, 0.6) is 0 Å². The lowest BCUT2D eigenvalue weighted by Crippen LogP contribution is -2.10. The highest BCUT2D eigenvalue weighted by Gasteiger charge is 2.40. The van der Waals surface area contributed by atoms with Crippen molar-refractivity contribution in [3.05, 3.63) is 11.1 Å². The van der Waals surface area contributed by atoms with Gasteiger partial charge in [0.15, 0.2) is 0 Å². The van der Waals surface area contributed by atoms with E-state index in [1.54, 1.807) is 6.92 Å². The Morgan fingerprint density at radius 3 is 2.13 bits per heavy atom. The van der Waals surface area contributed by atoms with Crippen LogP contribution < -0.4 is 5.32 Å². The molecule has 0 aromatic carbocycles. The monoisotopic (exact) mass is 211 g/mol. The average molecular weight is 211 g/mol. The Hall–Kier alpha value is -0.830. The Kier molecular flexibility index (Phi) is 4.33. The fourth-order valence-electron chi connectivity index (χ4n) is 1.63. The summed E-state index contributed by atoms with van der Waals surface area (Å²) in [7, 11) is 1.38. The molecule has 1 aliphatic heterocycles. The quantitative estimate of drug-likeness (QED) is 0.531. The van der Waals surface area contributed by atoms with Crippen LogP contribution in [-0.2, 0) is 9.53 Å². The number of allylic oxidation sites excluding steroid dienone is 1. The van der Waals surface area contributed by atoms with Gasteiger partial charge in [-0.3, -0.25) is 0 Å². The molecule has 1 N–H and O–H groups in total. The van der Waals surface area contributed by atoms with Crippen LogP contribution in [0.2, 0.25) is 0 Å². The summed E-state index contributed by atoms with van der Waals surface area (Å²) in [4.78, 5) is 10.7. The fourth-order valence-corrected chi connectivity index (χ4v) is 1.63. The molecule has 2 atom stereocenters. The molecule has 15 heavy (non-hydrogen) atoms. The van der Waals surface area contributed by atoms with Gasteiger partial charge in [0.05, 0.1) is 7.11 Å². The highest BCUT2D eigenvalue weighted by molar-refractivity contribution is 5.88. The molecule has 86 valence electrons. The van der Waals surface area contributed by atoms with Gasteiger partial charge < -0.3 is 10.1 Å². The van der Waals surface area contributed by atoms with Gasteiger partial charge in [-0.05, 0) is 46.1 Å². The second kappa shape index (κ2) is 5.31. The van der Waals surface area contributed by atoms with Gasteiger partial charge in [-0.15, -0.1) is 0 Å². The van der Waals surface area contributed by atoms with Crippen LogP contribution in [-0.4, -0.2) is 25.7 Å². The van der Waals surface area contributed by atoms with Crippen LogP contribution in [0.3, 0.4) is 0 Å². The number of rotatable bonds is 1. The maximum Gasteiger partial charge on any atom is 0.333 e. The minimum Gasteiger partial charge on any atom is -0.466 e. The van der Waals surface area contributed by atoms with E-state index in [0.717, 1.165) is 17.5 Å². The van der Waals surface area contributed by atoms with Crippen molar-refractivity contribution >= 4 is 5.97 Å². The van der Waals surface area contributed by atoms with E-state index < -0.39 is 0 Å². The third kappa shape index (κ3) is 3.67. The summed E-state index contributed by atoms with van der Waals surface area (Å²) in [6.45, 7) is 6.80. The predicted octanol–water partition coefficient (Wildman–Crippen LogP) is 1.88. The molecule has 1 aliphatic carbocycles. The minimum atomic E-state index is -0.241. The summed E-state index contributed by atoms with van der Waals surface area (Å²) in [5, 5.41) is 3.39. The van der Waals surface area contributed by atoms with E-state index in [2.05, 4.69) is 10.1 Å². The summed E-state index contributed by atoms with van der Waals surface area (Å²) in [6, 6.07) is 0.963. The van der Waals surface area contributed by atoms with Crippen molar-refractivity contribution in [2.75, 3.05) is 13.7 Å². The number of carbonyl (C=O) groups is 1. The van der Waals surface area contributed by atoms with Gasteiger partial charge in [-0.25, -0.2) is 4.79 Å². The highest BCUT2D eigenvalue weighted by Crippen LogP contribution is 2.37. The summed E-state index contributed by atoms with van der Waals surface area (Å²) in [5.74, 6) is 0.861. The van der Waals surface area contributed by atoms with Gasteiger partial charge in [0.1, 0.15) is 0 Å². The van der Waals surface area contributed by atoms with Crippen LogP contribution in [0.15, 0.2) is 11.1 Å². The van der Waals surface area contributed by atoms with Gasteiger partial charge in [-0.1, -0.05) is 5.57 Å². The number of hydrogen-bond acceptors (Lipinski definition) is 3. The van der Waals surface area contributed by atoms with Crippen molar-refractivity contribution in [1.29, 1.82) is 0 Å². The molecule has 1 heterocycles. The molecule has 3 heteroatoms. The zero-order chi connectivity index (χ0) is 11.4. The smallest absolute Gasteiger partial charge is 0.333 e. The van der Waals surface area contributed by atoms with Crippen LogP contribution in [0.1, 0.15) is 33.6 Å². The van der Waals surface area contributed by atoms with Crippen LogP contribution >= 0.6 is 0 Å². The second-order valence-electron chi connectivity index (χ2n) is 4.46. The average Bonchev–Trinajstić information content (AvgIpc) is 2.84. The van der Waals surface area contributed by atoms with Crippen molar-refractivity contribution in [1.82, 2.24) is 5.32 Å². The molecule has 2 rings (SSSR count). The van der Waals surface area contributed by atoms with Gasteiger partial charge >= 0.3 is 5.97 Å². The van der Waals surface area contributed by atoms with Crippen LogP contribution in [0.25, 0.3) is 0 Å². The van der Waals surface area contributed by atoms with E-state index in [1.165, 1.54) is 26.5 Å². The molecule has 0 bridgehead atoms. The van der Waals surface area contributed by atoms with E-state index in [0.29, 0.717) is 5.57 Å². The maximum atomic E-state index is 10.7. The summed E-state index contributed by atoms with van der Waals surface area (Å²) in [6.07, 6.45) is 2.92. The number of nitrogens with one attached hydrogen (secondary N) is 1. The first kappa shape index (κ1) is 12.2. The van der Waals surface area contributed by atoms with E-state index in [4.69, 9.17) is 0 Å². The number of fused-ring (bicyclic) bond motifs is 1. The largest absolute Gasteiger partial charge is 0.466 e. The van der Waals surface area contributed by atoms with Crippen molar-refractivity contribution in [3.8, 4) is 0 Å². The summed E-state index contributed by atoms with van der Waals surface area (Å²) < 4.78 is 4.48. The Labute approximate surface area is 91.9 Å².